The summed E-state index contributed by atoms with van der Waals surface area (Å²) in [7, 11) is 0. The van der Waals surface area contributed by atoms with Crippen LogP contribution in [0, 0.1) is 6.92 Å². The zero-order valence-corrected chi connectivity index (χ0v) is 11.2. The minimum Gasteiger partial charge on any atom is -0.399 e. The van der Waals surface area contributed by atoms with E-state index in [9.17, 15) is 5.11 Å². The van der Waals surface area contributed by atoms with Gasteiger partial charge < -0.3 is 10.8 Å². The average Bonchev–Trinajstić information content (AvgIpc) is 2.70. The van der Waals surface area contributed by atoms with Crippen LogP contribution in [0.15, 0.2) is 42.5 Å². The highest BCUT2D eigenvalue weighted by Crippen LogP contribution is 2.40. The molecule has 0 saturated carbocycles. The molecule has 0 amide bonds. The Hall–Kier alpha value is -1.80. The van der Waals surface area contributed by atoms with Crippen LogP contribution in [0.5, 0.6) is 0 Å². The molecule has 1 aliphatic rings. The number of rotatable bonds is 2. The lowest BCUT2D eigenvalue weighted by molar-refractivity contribution is 0.0388. The summed E-state index contributed by atoms with van der Waals surface area (Å²) in [6.45, 7) is 2.09. The van der Waals surface area contributed by atoms with Gasteiger partial charge in [-0.3, -0.25) is 0 Å². The summed E-state index contributed by atoms with van der Waals surface area (Å²) in [6, 6.07) is 14.1. The van der Waals surface area contributed by atoms with Crippen LogP contribution in [-0.2, 0) is 18.4 Å². The smallest absolute Gasteiger partial charge is 0.0942 e. The SMILES string of the molecule is Cc1ccccc1CC1(O)CCc2cc(N)ccc21. The van der Waals surface area contributed by atoms with E-state index >= 15 is 0 Å². The van der Waals surface area contributed by atoms with E-state index in [0.717, 1.165) is 24.1 Å². The molecule has 3 N–H and O–H groups in total. The van der Waals surface area contributed by atoms with E-state index in [1.807, 2.05) is 30.3 Å². The van der Waals surface area contributed by atoms with Crippen LogP contribution in [0.1, 0.15) is 28.7 Å². The predicted octanol–water partition coefficient (Wildman–Crippen LogP) is 2.95. The fourth-order valence-corrected chi connectivity index (χ4v) is 3.06. The van der Waals surface area contributed by atoms with Gasteiger partial charge in [0.2, 0.25) is 0 Å². The van der Waals surface area contributed by atoms with Crippen molar-refractivity contribution in [2.75, 3.05) is 5.73 Å². The van der Waals surface area contributed by atoms with Crippen molar-refractivity contribution in [3.63, 3.8) is 0 Å². The molecule has 19 heavy (non-hydrogen) atoms. The van der Waals surface area contributed by atoms with Crippen molar-refractivity contribution in [1.29, 1.82) is 0 Å². The second-order valence-electron chi connectivity index (χ2n) is 5.55. The molecule has 1 atom stereocenters. The normalized spacial score (nSPS) is 21.4. The summed E-state index contributed by atoms with van der Waals surface area (Å²) < 4.78 is 0. The van der Waals surface area contributed by atoms with E-state index in [1.165, 1.54) is 16.7 Å². The molecule has 1 aliphatic carbocycles. The third-order valence-electron chi connectivity index (χ3n) is 4.18. The largest absolute Gasteiger partial charge is 0.399 e. The minimum atomic E-state index is -0.741. The molecule has 0 fully saturated rings. The highest BCUT2D eigenvalue weighted by Gasteiger charge is 2.36. The lowest BCUT2D eigenvalue weighted by atomic mass is 9.87. The maximum Gasteiger partial charge on any atom is 0.0942 e. The molecule has 0 spiro atoms. The third kappa shape index (κ3) is 2.13. The Balaban J connectivity index is 1.97. The van der Waals surface area contributed by atoms with Gasteiger partial charge in [-0.1, -0.05) is 30.3 Å². The van der Waals surface area contributed by atoms with Gasteiger partial charge in [0.25, 0.3) is 0 Å². The van der Waals surface area contributed by atoms with Gasteiger partial charge in [0, 0.05) is 12.1 Å². The van der Waals surface area contributed by atoms with Crippen LogP contribution in [0.2, 0.25) is 0 Å². The molecule has 2 nitrogen and oxygen atoms in total. The molecular formula is C17H19NO. The van der Waals surface area contributed by atoms with Crippen molar-refractivity contribution in [3.05, 3.63) is 64.7 Å². The quantitative estimate of drug-likeness (QED) is 0.808. The molecule has 0 saturated heterocycles. The van der Waals surface area contributed by atoms with Crippen molar-refractivity contribution in [2.45, 2.75) is 31.8 Å². The number of aryl methyl sites for hydroxylation is 2. The summed E-state index contributed by atoms with van der Waals surface area (Å²) in [4.78, 5) is 0. The van der Waals surface area contributed by atoms with Crippen molar-refractivity contribution in [3.8, 4) is 0 Å². The molecule has 0 bridgehead atoms. The van der Waals surface area contributed by atoms with Gasteiger partial charge >= 0.3 is 0 Å². The Labute approximate surface area is 113 Å². The third-order valence-corrected chi connectivity index (χ3v) is 4.18. The van der Waals surface area contributed by atoms with Crippen LogP contribution < -0.4 is 5.73 Å². The maximum atomic E-state index is 11.0. The molecule has 0 radical (unpaired) electrons. The summed E-state index contributed by atoms with van der Waals surface area (Å²) in [5.41, 5.74) is 10.5. The molecular weight excluding hydrogens is 234 g/mol. The van der Waals surface area contributed by atoms with E-state index in [4.69, 9.17) is 5.73 Å². The lowest BCUT2D eigenvalue weighted by Gasteiger charge is -2.25. The fraction of sp³-hybridized carbons (Fsp3) is 0.294. The van der Waals surface area contributed by atoms with Crippen molar-refractivity contribution in [1.82, 2.24) is 0 Å². The van der Waals surface area contributed by atoms with Gasteiger partial charge in [0.1, 0.15) is 0 Å². The monoisotopic (exact) mass is 253 g/mol. The highest BCUT2D eigenvalue weighted by atomic mass is 16.3. The summed E-state index contributed by atoms with van der Waals surface area (Å²) >= 11 is 0. The first-order chi connectivity index (χ1) is 9.08. The van der Waals surface area contributed by atoms with Gasteiger partial charge in [0.05, 0.1) is 5.60 Å². The highest BCUT2D eigenvalue weighted by molar-refractivity contribution is 5.49. The van der Waals surface area contributed by atoms with Crippen LogP contribution in [0.3, 0.4) is 0 Å². The van der Waals surface area contributed by atoms with E-state index in [-0.39, 0.29) is 0 Å². The minimum absolute atomic E-state index is 0.677. The predicted molar refractivity (Wildman–Crippen MR) is 78.0 cm³/mol. The Morgan fingerprint density at radius 2 is 2.00 bits per heavy atom. The van der Waals surface area contributed by atoms with Gasteiger partial charge in [-0.15, -0.1) is 0 Å². The van der Waals surface area contributed by atoms with Gasteiger partial charge in [-0.05, 0) is 54.2 Å². The summed E-state index contributed by atoms with van der Waals surface area (Å²) in [5.74, 6) is 0. The van der Waals surface area contributed by atoms with E-state index in [1.54, 1.807) is 0 Å². The van der Waals surface area contributed by atoms with Crippen LogP contribution >= 0.6 is 0 Å². The second kappa shape index (κ2) is 4.39. The summed E-state index contributed by atoms with van der Waals surface area (Å²) in [5, 5.41) is 11.0. The number of benzene rings is 2. The molecule has 3 rings (SSSR count). The van der Waals surface area contributed by atoms with Gasteiger partial charge in [-0.2, -0.15) is 0 Å². The lowest BCUT2D eigenvalue weighted by Crippen LogP contribution is -2.25. The Morgan fingerprint density at radius 1 is 1.21 bits per heavy atom. The first-order valence-corrected chi connectivity index (χ1v) is 6.74. The van der Waals surface area contributed by atoms with Crippen LogP contribution in [0.4, 0.5) is 5.69 Å². The van der Waals surface area contributed by atoms with E-state index in [2.05, 4.69) is 19.1 Å². The zero-order valence-electron chi connectivity index (χ0n) is 11.2. The number of nitrogen functional groups attached to an aromatic ring is 1. The van der Waals surface area contributed by atoms with Gasteiger partial charge in [-0.25, -0.2) is 0 Å². The zero-order chi connectivity index (χ0) is 13.5. The first-order valence-electron chi connectivity index (χ1n) is 6.74. The number of aliphatic hydroxyl groups is 1. The Bertz CT molecular complexity index is 620. The van der Waals surface area contributed by atoms with Crippen LogP contribution in [-0.4, -0.2) is 5.11 Å². The number of anilines is 1. The van der Waals surface area contributed by atoms with E-state index < -0.39 is 5.60 Å². The Kier molecular flexibility index (Phi) is 2.83. The standard InChI is InChI=1S/C17H19NO/c1-12-4-2-3-5-14(12)11-17(19)9-8-13-10-15(18)6-7-16(13)17/h2-7,10,19H,8-9,11,18H2,1H3. The van der Waals surface area contributed by atoms with Crippen molar-refractivity contribution >= 4 is 5.69 Å². The molecule has 2 aromatic carbocycles. The number of nitrogens with two attached hydrogens (primary N) is 1. The molecule has 1 unspecified atom stereocenters. The molecule has 2 aromatic rings. The fourth-order valence-electron chi connectivity index (χ4n) is 3.06. The first kappa shape index (κ1) is 12.2. The molecule has 0 aliphatic heterocycles. The molecule has 0 aromatic heterocycles. The molecule has 2 heteroatoms. The van der Waals surface area contributed by atoms with Gasteiger partial charge in [0.15, 0.2) is 0 Å². The Morgan fingerprint density at radius 3 is 2.79 bits per heavy atom. The van der Waals surface area contributed by atoms with Crippen molar-refractivity contribution in [2.24, 2.45) is 0 Å². The summed E-state index contributed by atoms with van der Waals surface area (Å²) in [6.07, 6.45) is 2.36. The topological polar surface area (TPSA) is 46.2 Å². The van der Waals surface area contributed by atoms with Crippen molar-refractivity contribution < 1.29 is 5.11 Å². The number of fused-ring (bicyclic) bond motifs is 1. The maximum absolute atomic E-state index is 11.0. The average molecular weight is 253 g/mol. The van der Waals surface area contributed by atoms with E-state index in [0.29, 0.717) is 6.42 Å². The molecule has 0 heterocycles. The van der Waals surface area contributed by atoms with Crippen LogP contribution in [0.25, 0.3) is 0 Å². The second-order valence-corrected chi connectivity index (χ2v) is 5.55. The molecule has 98 valence electrons. The number of hydrogen-bond donors (Lipinski definition) is 2. The number of hydrogen-bond acceptors (Lipinski definition) is 2.